The third kappa shape index (κ3) is 3.80. The summed E-state index contributed by atoms with van der Waals surface area (Å²) in [6.45, 7) is 1.69. The number of esters is 1. The number of aromatic amines is 1. The molecule has 2 rings (SSSR count). The first kappa shape index (κ1) is 14.5. The Balaban J connectivity index is 2.23. The maximum atomic E-state index is 12.1. The zero-order chi connectivity index (χ0) is 15.2. The minimum absolute atomic E-state index is 0.189. The highest BCUT2D eigenvalue weighted by molar-refractivity contribution is 5.89. The zero-order valence-corrected chi connectivity index (χ0v) is 11.5. The summed E-state index contributed by atoms with van der Waals surface area (Å²) >= 11 is 0. The van der Waals surface area contributed by atoms with Crippen molar-refractivity contribution in [2.45, 2.75) is 19.4 Å². The molecule has 2 heterocycles. The van der Waals surface area contributed by atoms with E-state index in [2.05, 4.69) is 15.9 Å². The highest BCUT2D eigenvalue weighted by atomic mass is 16.5. The molecule has 2 aromatic heterocycles. The number of hydrogen-bond donors (Lipinski definition) is 1. The minimum atomic E-state index is -0.636. The zero-order valence-electron chi connectivity index (χ0n) is 11.5. The van der Waals surface area contributed by atoms with Gasteiger partial charge in [0.15, 0.2) is 6.10 Å². The lowest BCUT2D eigenvalue weighted by molar-refractivity contribution is 0.0298. The first-order valence-corrected chi connectivity index (χ1v) is 6.36. The highest BCUT2D eigenvalue weighted by Crippen LogP contribution is 2.20. The van der Waals surface area contributed by atoms with Crippen molar-refractivity contribution < 1.29 is 9.53 Å². The molecule has 0 amide bonds. The molecule has 2 aromatic rings. The van der Waals surface area contributed by atoms with E-state index in [4.69, 9.17) is 11.2 Å². The standard InChI is InChI=1S/C16H14N2O3/c1-3-6-14(13-7-4-5-8-17-13)21-16(20)12-9-11(2)18-15(19)10-12/h1,4-5,7-10,14H,6H2,2H3,(H,18,19)/t14-/m1/s1. The first-order valence-electron chi connectivity index (χ1n) is 6.36. The van der Waals surface area contributed by atoms with Crippen molar-refractivity contribution in [3.63, 3.8) is 0 Å². The second-order valence-corrected chi connectivity index (χ2v) is 4.47. The Bertz CT molecular complexity index is 729. The van der Waals surface area contributed by atoms with Crippen LogP contribution in [0.4, 0.5) is 0 Å². The number of aryl methyl sites for hydroxylation is 1. The monoisotopic (exact) mass is 282 g/mol. The molecule has 1 N–H and O–H groups in total. The van der Waals surface area contributed by atoms with Gasteiger partial charge in [0, 0.05) is 18.0 Å². The number of aromatic nitrogens is 2. The van der Waals surface area contributed by atoms with Crippen molar-refractivity contribution in [3.05, 3.63) is 63.8 Å². The molecule has 21 heavy (non-hydrogen) atoms. The van der Waals surface area contributed by atoms with Crippen LogP contribution in [0.25, 0.3) is 0 Å². The van der Waals surface area contributed by atoms with Gasteiger partial charge in [-0.05, 0) is 25.1 Å². The summed E-state index contributed by atoms with van der Waals surface area (Å²) in [6.07, 6.45) is 6.48. The van der Waals surface area contributed by atoms with Crippen molar-refractivity contribution in [1.82, 2.24) is 9.97 Å². The largest absolute Gasteiger partial charge is 0.451 e. The van der Waals surface area contributed by atoms with E-state index in [1.807, 2.05) is 0 Å². The van der Waals surface area contributed by atoms with E-state index in [-0.39, 0.29) is 17.5 Å². The Hall–Kier alpha value is -2.87. The quantitative estimate of drug-likeness (QED) is 0.687. The topological polar surface area (TPSA) is 72.1 Å². The second-order valence-electron chi connectivity index (χ2n) is 4.47. The molecule has 5 heteroatoms. The van der Waals surface area contributed by atoms with Crippen molar-refractivity contribution >= 4 is 5.97 Å². The van der Waals surface area contributed by atoms with Crippen LogP contribution in [0.5, 0.6) is 0 Å². The Morgan fingerprint density at radius 1 is 1.48 bits per heavy atom. The Labute approximate surface area is 122 Å². The van der Waals surface area contributed by atoms with Crippen LogP contribution in [0, 0.1) is 19.3 Å². The molecule has 0 unspecified atom stereocenters. The molecule has 0 spiro atoms. The predicted molar refractivity (Wildman–Crippen MR) is 77.6 cm³/mol. The van der Waals surface area contributed by atoms with Gasteiger partial charge in [0.05, 0.1) is 17.7 Å². The lowest BCUT2D eigenvalue weighted by atomic mass is 10.1. The molecule has 0 aliphatic carbocycles. The number of carbonyl (C=O) groups excluding carboxylic acids is 1. The van der Waals surface area contributed by atoms with Gasteiger partial charge in [-0.25, -0.2) is 4.79 Å². The number of ether oxygens (including phenoxy) is 1. The average molecular weight is 282 g/mol. The number of pyridine rings is 2. The summed E-state index contributed by atoms with van der Waals surface area (Å²) < 4.78 is 5.38. The van der Waals surface area contributed by atoms with E-state index >= 15 is 0 Å². The van der Waals surface area contributed by atoms with Crippen LogP contribution < -0.4 is 5.56 Å². The van der Waals surface area contributed by atoms with E-state index in [0.29, 0.717) is 11.4 Å². The number of carbonyl (C=O) groups is 1. The van der Waals surface area contributed by atoms with E-state index in [1.54, 1.807) is 37.4 Å². The molecule has 0 saturated carbocycles. The maximum Gasteiger partial charge on any atom is 0.339 e. The summed E-state index contributed by atoms with van der Waals surface area (Å²) in [5.41, 5.74) is 0.994. The fourth-order valence-corrected chi connectivity index (χ4v) is 1.88. The number of hydrogen-bond acceptors (Lipinski definition) is 4. The fraction of sp³-hybridized carbons (Fsp3) is 0.188. The van der Waals surface area contributed by atoms with Gasteiger partial charge in [-0.15, -0.1) is 12.3 Å². The molecule has 5 nitrogen and oxygen atoms in total. The van der Waals surface area contributed by atoms with Gasteiger partial charge in [0.1, 0.15) is 0 Å². The molecule has 0 fully saturated rings. The number of rotatable bonds is 4. The Morgan fingerprint density at radius 3 is 2.90 bits per heavy atom. The molecular weight excluding hydrogens is 268 g/mol. The third-order valence-corrected chi connectivity index (χ3v) is 2.78. The third-order valence-electron chi connectivity index (χ3n) is 2.78. The summed E-state index contributed by atoms with van der Waals surface area (Å²) in [5.74, 6) is 1.86. The summed E-state index contributed by atoms with van der Waals surface area (Å²) in [5, 5.41) is 0. The predicted octanol–water partition coefficient (Wildman–Crippen LogP) is 2.00. The molecule has 1 atom stereocenters. The van der Waals surface area contributed by atoms with Crippen LogP contribution in [0.1, 0.15) is 34.3 Å². The van der Waals surface area contributed by atoms with Gasteiger partial charge in [-0.3, -0.25) is 9.78 Å². The molecule has 0 radical (unpaired) electrons. The lowest BCUT2D eigenvalue weighted by Crippen LogP contribution is -2.16. The van der Waals surface area contributed by atoms with E-state index < -0.39 is 12.1 Å². The molecule has 0 aliphatic heterocycles. The van der Waals surface area contributed by atoms with Gasteiger partial charge in [-0.1, -0.05) is 6.07 Å². The van der Waals surface area contributed by atoms with Crippen LogP contribution in [-0.4, -0.2) is 15.9 Å². The highest BCUT2D eigenvalue weighted by Gasteiger charge is 2.18. The van der Waals surface area contributed by atoms with E-state index in [0.717, 1.165) is 0 Å². The van der Waals surface area contributed by atoms with Crippen LogP contribution in [0.2, 0.25) is 0 Å². The van der Waals surface area contributed by atoms with Crippen LogP contribution in [-0.2, 0) is 4.74 Å². The Morgan fingerprint density at radius 2 is 2.29 bits per heavy atom. The summed E-state index contributed by atoms with van der Waals surface area (Å²) in [6, 6.07) is 8.03. The summed E-state index contributed by atoms with van der Waals surface area (Å²) in [7, 11) is 0. The SMILES string of the molecule is C#CC[C@@H](OC(=O)c1cc(C)[nH]c(=O)c1)c1ccccn1. The van der Waals surface area contributed by atoms with Gasteiger partial charge in [-0.2, -0.15) is 0 Å². The van der Waals surface area contributed by atoms with Crippen molar-refractivity contribution in [1.29, 1.82) is 0 Å². The fourth-order valence-electron chi connectivity index (χ4n) is 1.88. The Kier molecular flexibility index (Phi) is 4.52. The molecule has 0 aromatic carbocycles. The molecule has 0 bridgehead atoms. The normalized spacial score (nSPS) is 11.4. The van der Waals surface area contributed by atoms with Crippen molar-refractivity contribution in [2.24, 2.45) is 0 Å². The van der Waals surface area contributed by atoms with Crippen LogP contribution in [0.3, 0.4) is 0 Å². The van der Waals surface area contributed by atoms with Crippen LogP contribution >= 0.6 is 0 Å². The first-order chi connectivity index (χ1) is 10.1. The number of H-pyrrole nitrogens is 1. The lowest BCUT2D eigenvalue weighted by Gasteiger charge is -2.15. The van der Waals surface area contributed by atoms with Crippen LogP contribution in [0.15, 0.2) is 41.3 Å². The van der Waals surface area contributed by atoms with Gasteiger partial charge >= 0.3 is 5.97 Å². The minimum Gasteiger partial charge on any atom is -0.451 e. The van der Waals surface area contributed by atoms with Crippen molar-refractivity contribution in [3.8, 4) is 12.3 Å². The average Bonchev–Trinajstić information content (AvgIpc) is 2.46. The second kappa shape index (κ2) is 6.53. The number of nitrogens with zero attached hydrogens (tertiary/aromatic N) is 1. The molecule has 0 saturated heterocycles. The summed E-state index contributed by atoms with van der Waals surface area (Å²) in [4.78, 5) is 30.2. The molecule has 0 aliphatic rings. The van der Waals surface area contributed by atoms with Gasteiger partial charge < -0.3 is 9.72 Å². The van der Waals surface area contributed by atoms with E-state index in [1.165, 1.54) is 6.07 Å². The molecule has 106 valence electrons. The van der Waals surface area contributed by atoms with Gasteiger partial charge in [0.2, 0.25) is 5.56 Å². The maximum absolute atomic E-state index is 12.1. The number of terminal acetylenes is 1. The number of nitrogens with one attached hydrogen (secondary N) is 1. The smallest absolute Gasteiger partial charge is 0.339 e. The van der Waals surface area contributed by atoms with Gasteiger partial charge in [0.25, 0.3) is 0 Å². The van der Waals surface area contributed by atoms with E-state index in [9.17, 15) is 9.59 Å². The molecular formula is C16H14N2O3. The van der Waals surface area contributed by atoms with Crippen molar-refractivity contribution in [2.75, 3.05) is 0 Å².